The predicted octanol–water partition coefficient (Wildman–Crippen LogP) is 2.01. The molecule has 0 radical (unpaired) electrons. The van der Waals surface area contributed by atoms with Crippen LogP contribution in [0.15, 0.2) is 12.1 Å². The molecule has 3 rings (SSSR count). The maximum absolute atomic E-state index is 4.40. The van der Waals surface area contributed by atoms with E-state index in [0.29, 0.717) is 0 Å². The topological polar surface area (TPSA) is 32.3 Å². The van der Waals surface area contributed by atoms with Crippen molar-refractivity contribution >= 4 is 17.6 Å². The lowest BCUT2D eigenvalue weighted by Gasteiger charge is -2.47. The Balaban J connectivity index is 1.57. The van der Waals surface area contributed by atoms with Crippen molar-refractivity contribution in [2.75, 3.05) is 42.6 Å². The Kier molecular flexibility index (Phi) is 3.91. The quantitative estimate of drug-likeness (QED) is 0.832. The van der Waals surface area contributed by atoms with E-state index in [9.17, 15) is 0 Å². The molecule has 4 nitrogen and oxygen atoms in total. The molecule has 5 heteroatoms. The van der Waals surface area contributed by atoms with E-state index < -0.39 is 0 Å². The number of anilines is 1. The zero-order chi connectivity index (χ0) is 14.2. The fraction of sp³-hybridized carbons (Fsp3) is 0.733. The van der Waals surface area contributed by atoms with Crippen molar-refractivity contribution in [3.05, 3.63) is 17.8 Å². The Hall–Kier alpha value is -0.810. The Labute approximate surface area is 125 Å². The molecule has 2 saturated heterocycles. The van der Waals surface area contributed by atoms with Gasteiger partial charge < -0.3 is 4.90 Å². The van der Waals surface area contributed by atoms with E-state index in [-0.39, 0.29) is 5.41 Å². The zero-order valence-electron chi connectivity index (χ0n) is 12.7. The molecule has 3 heterocycles. The van der Waals surface area contributed by atoms with E-state index >= 15 is 0 Å². The molecular formula is C15H24N4S. The van der Waals surface area contributed by atoms with Crippen LogP contribution >= 0.6 is 11.8 Å². The fourth-order valence-corrected chi connectivity index (χ4v) is 3.64. The van der Waals surface area contributed by atoms with Gasteiger partial charge in [0, 0.05) is 49.1 Å². The summed E-state index contributed by atoms with van der Waals surface area (Å²) in [5, 5.41) is 8.78. The molecule has 0 bridgehead atoms. The van der Waals surface area contributed by atoms with Gasteiger partial charge >= 0.3 is 0 Å². The summed E-state index contributed by atoms with van der Waals surface area (Å²) in [4.78, 5) is 4.97. The zero-order valence-corrected chi connectivity index (χ0v) is 13.5. The van der Waals surface area contributed by atoms with Crippen LogP contribution in [-0.4, -0.2) is 58.8 Å². The van der Waals surface area contributed by atoms with Crippen LogP contribution in [0.1, 0.15) is 26.5 Å². The first-order valence-corrected chi connectivity index (χ1v) is 8.60. The van der Waals surface area contributed by atoms with Crippen LogP contribution in [0, 0.1) is 0 Å². The molecule has 0 aliphatic carbocycles. The highest BCUT2D eigenvalue weighted by Crippen LogP contribution is 2.25. The van der Waals surface area contributed by atoms with Gasteiger partial charge in [-0.1, -0.05) is 20.8 Å². The minimum atomic E-state index is 0.0779. The SMILES string of the molecule is CC(C)(C)c1ccc(N2CC(N3CCSCC3)C2)nn1. The van der Waals surface area contributed by atoms with Crippen LogP contribution in [-0.2, 0) is 5.41 Å². The summed E-state index contributed by atoms with van der Waals surface area (Å²) in [6, 6.07) is 4.96. The molecule has 0 unspecified atom stereocenters. The summed E-state index contributed by atoms with van der Waals surface area (Å²) in [5.41, 5.74) is 1.14. The van der Waals surface area contributed by atoms with Crippen molar-refractivity contribution in [2.24, 2.45) is 0 Å². The third-order valence-electron chi connectivity index (χ3n) is 4.17. The molecular weight excluding hydrogens is 268 g/mol. The maximum Gasteiger partial charge on any atom is 0.151 e. The second kappa shape index (κ2) is 5.53. The third kappa shape index (κ3) is 2.93. The third-order valence-corrected chi connectivity index (χ3v) is 5.11. The van der Waals surface area contributed by atoms with E-state index in [0.717, 1.165) is 30.6 Å². The van der Waals surface area contributed by atoms with E-state index in [4.69, 9.17) is 0 Å². The maximum atomic E-state index is 4.40. The average molecular weight is 292 g/mol. The number of aromatic nitrogens is 2. The van der Waals surface area contributed by atoms with E-state index in [2.05, 4.69) is 64.7 Å². The second-order valence-corrected chi connectivity index (χ2v) is 7.96. The van der Waals surface area contributed by atoms with Crippen LogP contribution in [0.3, 0.4) is 0 Å². The highest BCUT2D eigenvalue weighted by molar-refractivity contribution is 7.99. The van der Waals surface area contributed by atoms with Gasteiger partial charge in [-0.05, 0) is 12.1 Å². The molecule has 2 fully saturated rings. The Bertz CT molecular complexity index is 442. The average Bonchev–Trinajstić information content (AvgIpc) is 2.38. The molecule has 1 aromatic heterocycles. The van der Waals surface area contributed by atoms with E-state index in [1.54, 1.807) is 0 Å². The summed E-state index contributed by atoms with van der Waals surface area (Å²) in [6.07, 6.45) is 0. The Morgan fingerprint density at radius 3 is 2.35 bits per heavy atom. The lowest BCUT2D eigenvalue weighted by atomic mass is 9.92. The van der Waals surface area contributed by atoms with Gasteiger partial charge in [0.05, 0.1) is 5.69 Å². The summed E-state index contributed by atoms with van der Waals surface area (Å²) in [7, 11) is 0. The summed E-state index contributed by atoms with van der Waals surface area (Å²) < 4.78 is 0. The molecule has 2 aliphatic heterocycles. The molecule has 0 saturated carbocycles. The predicted molar refractivity (Wildman–Crippen MR) is 85.6 cm³/mol. The van der Waals surface area contributed by atoms with Crippen molar-refractivity contribution in [1.29, 1.82) is 0 Å². The summed E-state index contributed by atoms with van der Waals surface area (Å²) in [6.45, 7) is 11.2. The van der Waals surface area contributed by atoms with Gasteiger partial charge in [0.1, 0.15) is 0 Å². The first kappa shape index (κ1) is 14.1. The van der Waals surface area contributed by atoms with Gasteiger partial charge in [-0.3, -0.25) is 4.90 Å². The van der Waals surface area contributed by atoms with Gasteiger partial charge in [-0.15, -0.1) is 5.10 Å². The molecule has 0 amide bonds. The highest BCUT2D eigenvalue weighted by Gasteiger charge is 2.33. The minimum Gasteiger partial charge on any atom is -0.352 e. The number of hydrogen-bond donors (Lipinski definition) is 0. The molecule has 0 spiro atoms. The number of thioether (sulfide) groups is 1. The van der Waals surface area contributed by atoms with Gasteiger partial charge in [0.25, 0.3) is 0 Å². The fourth-order valence-electron chi connectivity index (χ4n) is 2.71. The molecule has 2 aliphatic rings. The lowest BCUT2D eigenvalue weighted by molar-refractivity contribution is 0.182. The molecule has 20 heavy (non-hydrogen) atoms. The smallest absolute Gasteiger partial charge is 0.151 e. The normalized spacial score (nSPS) is 21.9. The molecule has 0 atom stereocenters. The highest BCUT2D eigenvalue weighted by atomic mass is 32.2. The van der Waals surface area contributed by atoms with Crippen molar-refractivity contribution < 1.29 is 0 Å². The van der Waals surface area contributed by atoms with Crippen molar-refractivity contribution in [2.45, 2.75) is 32.2 Å². The monoisotopic (exact) mass is 292 g/mol. The van der Waals surface area contributed by atoms with Crippen LogP contribution in [0.2, 0.25) is 0 Å². The van der Waals surface area contributed by atoms with Crippen LogP contribution < -0.4 is 4.90 Å². The first-order valence-electron chi connectivity index (χ1n) is 7.45. The number of nitrogens with zero attached hydrogens (tertiary/aromatic N) is 4. The van der Waals surface area contributed by atoms with E-state index in [1.807, 2.05) is 0 Å². The van der Waals surface area contributed by atoms with Crippen molar-refractivity contribution in [3.63, 3.8) is 0 Å². The molecule has 110 valence electrons. The summed E-state index contributed by atoms with van der Waals surface area (Å²) >= 11 is 2.07. The van der Waals surface area contributed by atoms with Crippen LogP contribution in [0.4, 0.5) is 5.82 Å². The van der Waals surface area contributed by atoms with Gasteiger partial charge in [-0.2, -0.15) is 16.9 Å². The molecule has 1 aromatic rings. The van der Waals surface area contributed by atoms with Crippen LogP contribution in [0.25, 0.3) is 0 Å². The molecule has 0 N–H and O–H groups in total. The minimum absolute atomic E-state index is 0.0779. The number of rotatable bonds is 2. The van der Waals surface area contributed by atoms with Gasteiger partial charge in [-0.25, -0.2) is 0 Å². The van der Waals surface area contributed by atoms with Crippen molar-refractivity contribution in [3.8, 4) is 0 Å². The Morgan fingerprint density at radius 2 is 1.80 bits per heavy atom. The number of hydrogen-bond acceptors (Lipinski definition) is 5. The van der Waals surface area contributed by atoms with Gasteiger partial charge in [0.15, 0.2) is 5.82 Å². The van der Waals surface area contributed by atoms with Crippen LogP contribution in [0.5, 0.6) is 0 Å². The Morgan fingerprint density at radius 1 is 1.10 bits per heavy atom. The van der Waals surface area contributed by atoms with Gasteiger partial charge in [0.2, 0.25) is 0 Å². The standard InChI is InChI=1S/C15H24N4S/c1-15(2,3)13-4-5-14(17-16-13)19-10-12(11-19)18-6-8-20-9-7-18/h4-5,12H,6-11H2,1-3H3. The summed E-state index contributed by atoms with van der Waals surface area (Å²) in [5.74, 6) is 3.60. The second-order valence-electron chi connectivity index (χ2n) is 6.73. The largest absolute Gasteiger partial charge is 0.352 e. The van der Waals surface area contributed by atoms with Crippen molar-refractivity contribution in [1.82, 2.24) is 15.1 Å². The molecule has 0 aromatic carbocycles. The lowest BCUT2D eigenvalue weighted by Crippen LogP contribution is -2.61. The van der Waals surface area contributed by atoms with E-state index in [1.165, 1.54) is 24.6 Å². The first-order chi connectivity index (χ1) is 9.54.